The van der Waals surface area contributed by atoms with Crippen LogP contribution in [-0.2, 0) is 6.42 Å². The topological polar surface area (TPSA) is 82.1 Å². The molecular formula is C13H19N3O. The molecule has 0 fully saturated rings. The number of aliphatic hydroxyl groups excluding tert-OH is 1. The van der Waals surface area contributed by atoms with Crippen molar-refractivity contribution in [1.82, 2.24) is 0 Å². The molecule has 1 aromatic rings. The molecule has 0 heterocycles. The summed E-state index contributed by atoms with van der Waals surface area (Å²) in [5, 5.41) is 21.1. The lowest BCUT2D eigenvalue weighted by molar-refractivity contribution is 0.171. The predicted octanol–water partition coefficient (Wildman–Crippen LogP) is 1.77. The van der Waals surface area contributed by atoms with E-state index in [-0.39, 0.29) is 12.0 Å². The highest BCUT2D eigenvalue weighted by Gasteiger charge is 2.15. The normalized spacial score (nSPS) is 10.9. The second-order valence-electron chi connectivity index (χ2n) is 4.92. The summed E-state index contributed by atoms with van der Waals surface area (Å²) in [6.07, 6.45) is 0.310. The van der Waals surface area contributed by atoms with Crippen molar-refractivity contribution in [3.63, 3.8) is 0 Å². The average molecular weight is 233 g/mol. The molecule has 17 heavy (non-hydrogen) atoms. The van der Waals surface area contributed by atoms with Gasteiger partial charge in [-0.2, -0.15) is 5.26 Å². The molecule has 4 nitrogen and oxygen atoms in total. The number of benzene rings is 1. The van der Waals surface area contributed by atoms with E-state index in [0.29, 0.717) is 18.7 Å². The Morgan fingerprint density at radius 2 is 2.18 bits per heavy atom. The third-order valence-electron chi connectivity index (χ3n) is 2.61. The van der Waals surface area contributed by atoms with Gasteiger partial charge in [0.1, 0.15) is 0 Å². The second kappa shape index (κ2) is 5.55. The van der Waals surface area contributed by atoms with Crippen LogP contribution in [0.2, 0.25) is 0 Å². The highest BCUT2D eigenvalue weighted by atomic mass is 16.3. The molecule has 92 valence electrons. The van der Waals surface area contributed by atoms with Gasteiger partial charge in [-0.15, -0.1) is 0 Å². The van der Waals surface area contributed by atoms with Crippen molar-refractivity contribution in [3.05, 3.63) is 23.8 Å². The number of nitrogen functional groups attached to an aromatic ring is 1. The van der Waals surface area contributed by atoms with Crippen molar-refractivity contribution < 1.29 is 5.11 Å². The molecule has 0 unspecified atom stereocenters. The van der Waals surface area contributed by atoms with E-state index < -0.39 is 0 Å². The van der Waals surface area contributed by atoms with E-state index in [1.165, 1.54) is 0 Å². The Morgan fingerprint density at radius 1 is 1.47 bits per heavy atom. The van der Waals surface area contributed by atoms with Crippen LogP contribution in [0.3, 0.4) is 0 Å². The zero-order valence-corrected chi connectivity index (χ0v) is 10.3. The molecule has 0 atom stereocenters. The molecule has 0 radical (unpaired) electrons. The van der Waals surface area contributed by atoms with Crippen molar-refractivity contribution in [2.45, 2.75) is 20.3 Å². The van der Waals surface area contributed by atoms with Crippen LogP contribution in [-0.4, -0.2) is 18.3 Å². The number of nitrogens with zero attached hydrogens (tertiary/aromatic N) is 1. The van der Waals surface area contributed by atoms with E-state index in [2.05, 4.69) is 11.4 Å². The van der Waals surface area contributed by atoms with Gasteiger partial charge in [0.25, 0.3) is 0 Å². The molecule has 0 aliphatic carbocycles. The van der Waals surface area contributed by atoms with Gasteiger partial charge in [-0.05, 0) is 23.8 Å². The number of hydrogen-bond acceptors (Lipinski definition) is 4. The summed E-state index contributed by atoms with van der Waals surface area (Å²) in [6, 6.07) is 7.64. The molecule has 0 bridgehead atoms. The summed E-state index contributed by atoms with van der Waals surface area (Å²) in [5.41, 5.74) is 7.99. The van der Waals surface area contributed by atoms with Crippen LogP contribution in [0, 0.1) is 16.7 Å². The number of nitrogens with two attached hydrogens (primary N) is 1. The number of anilines is 2. The van der Waals surface area contributed by atoms with Crippen LogP contribution < -0.4 is 11.1 Å². The predicted molar refractivity (Wildman–Crippen MR) is 69.5 cm³/mol. The molecule has 1 aromatic carbocycles. The molecule has 0 aromatic heterocycles. The first-order valence-corrected chi connectivity index (χ1v) is 5.58. The summed E-state index contributed by atoms with van der Waals surface area (Å²) in [6.45, 7) is 4.75. The summed E-state index contributed by atoms with van der Waals surface area (Å²) in [4.78, 5) is 0. The van der Waals surface area contributed by atoms with Crippen LogP contribution in [0.4, 0.5) is 11.4 Å². The Kier molecular flexibility index (Phi) is 4.36. The maximum Gasteiger partial charge on any atom is 0.0670 e. The zero-order chi connectivity index (χ0) is 12.9. The summed E-state index contributed by atoms with van der Waals surface area (Å²) in [7, 11) is 0. The van der Waals surface area contributed by atoms with Gasteiger partial charge in [0.15, 0.2) is 0 Å². The molecule has 4 heteroatoms. The molecule has 1 rings (SSSR count). The van der Waals surface area contributed by atoms with Gasteiger partial charge >= 0.3 is 0 Å². The minimum atomic E-state index is -0.170. The van der Waals surface area contributed by atoms with Gasteiger partial charge in [-0.25, -0.2) is 0 Å². The van der Waals surface area contributed by atoms with Gasteiger partial charge in [-0.1, -0.05) is 13.8 Å². The third kappa shape index (κ3) is 3.97. The van der Waals surface area contributed by atoms with Crippen molar-refractivity contribution >= 4 is 11.4 Å². The lowest BCUT2D eigenvalue weighted by Gasteiger charge is -2.22. The Labute approximate surface area is 102 Å². The number of nitriles is 1. The van der Waals surface area contributed by atoms with E-state index in [4.69, 9.17) is 16.1 Å². The maximum absolute atomic E-state index is 9.15. The van der Waals surface area contributed by atoms with Crippen molar-refractivity contribution in [3.8, 4) is 6.07 Å². The molecule has 0 amide bonds. The minimum Gasteiger partial charge on any atom is -0.398 e. The Hall–Kier alpha value is -1.73. The maximum atomic E-state index is 9.15. The van der Waals surface area contributed by atoms with E-state index >= 15 is 0 Å². The van der Waals surface area contributed by atoms with Gasteiger partial charge < -0.3 is 16.2 Å². The first-order chi connectivity index (χ1) is 7.98. The first-order valence-electron chi connectivity index (χ1n) is 5.58. The lowest BCUT2D eigenvalue weighted by Crippen LogP contribution is -2.26. The summed E-state index contributed by atoms with van der Waals surface area (Å²) in [5.74, 6) is 0. The number of hydrogen-bond donors (Lipinski definition) is 3. The molecule has 0 saturated carbocycles. The largest absolute Gasteiger partial charge is 0.398 e. The van der Waals surface area contributed by atoms with E-state index in [1.807, 2.05) is 26.0 Å². The summed E-state index contributed by atoms with van der Waals surface area (Å²) < 4.78 is 0. The average Bonchev–Trinajstić information content (AvgIpc) is 2.31. The van der Waals surface area contributed by atoms with Gasteiger partial charge in [-0.3, -0.25) is 0 Å². The lowest BCUT2D eigenvalue weighted by atomic mass is 9.95. The smallest absolute Gasteiger partial charge is 0.0670 e. The zero-order valence-electron chi connectivity index (χ0n) is 10.3. The third-order valence-corrected chi connectivity index (χ3v) is 2.61. The minimum absolute atomic E-state index is 0.125. The quantitative estimate of drug-likeness (QED) is 0.677. The fraction of sp³-hybridized carbons (Fsp3) is 0.462. The van der Waals surface area contributed by atoms with Crippen LogP contribution in [0.5, 0.6) is 0 Å². The van der Waals surface area contributed by atoms with Crippen LogP contribution in [0.1, 0.15) is 19.4 Å². The summed E-state index contributed by atoms with van der Waals surface area (Å²) >= 11 is 0. The molecule has 0 saturated heterocycles. The second-order valence-corrected chi connectivity index (χ2v) is 4.92. The van der Waals surface area contributed by atoms with Crippen LogP contribution in [0.25, 0.3) is 0 Å². The highest BCUT2D eigenvalue weighted by Crippen LogP contribution is 2.20. The highest BCUT2D eigenvalue weighted by molar-refractivity contribution is 5.58. The fourth-order valence-corrected chi connectivity index (χ4v) is 1.35. The van der Waals surface area contributed by atoms with Crippen molar-refractivity contribution in [1.29, 1.82) is 5.26 Å². The SMILES string of the molecule is CC(C)(CO)CNc1ccc(N)c(CC#N)c1. The first kappa shape index (κ1) is 13.3. The van der Waals surface area contributed by atoms with Crippen molar-refractivity contribution in [2.24, 2.45) is 5.41 Å². The van der Waals surface area contributed by atoms with Crippen LogP contribution >= 0.6 is 0 Å². The molecule has 0 aliphatic heterocycles. The molecule has 4 N–H and O–H groups in total. The number of aliphatic hydroxyl groups is 1. The van der Waals surface area contributed by atoms with E-state index in [9.17, 15) is 0 Å². The standard InChI is InChI=1S/C13H19N3O/c1-13(2,9-17)8-16-11-3-4-12(15)10(7-11)5-6-14/h3-4,7,16-17H,5,8-9,15H2,1-2H3. The Bertz CT molecular complexity index is 421. The molecule has 0 spiro atoms. The van der Waals surface area contributed by atoms with Crippen LogP contribution in [0.15, 0.2) is 18.2 Å². The van der Waals surface area contributed by atoms with E-state index in [0.717, 1.165) is 11.3 Å². The Balaban J connectivity index is 2.73. The Morgan fingerprint density at radius 3 is 2.76 bits per heavy atom. The molecule has 0 aliphatic rings. The van der Waals surface area contributed by atoms with Gasteiger partial charge in [0.05, 0.1) is 12.5 Å². The van der Waals surface area contributed by atoms with Crippen molar-refractivity contribution in [2.75, 3.05) is 24.2 Å². The van der Waals surface area contributed by atoms with E-state index in [1.54, 1.807) is 6.07 Å². The monoisotopic (exact) mass is 233 g/mol. The molecular weight excluding hydrogens is 214 g/mol. The van der Waals surface area contributed by atoms with Gasteiger partial charge in [0, 0.05) is 29.9 Å². The number of nitrogens with one attached hydrogen (secondary N) is 1. The number of rotatable bonds is 5. The fourth-order valence-electron chi connectivity index (χ4n) is 1.35. The van der Waals surface area contributed by atoms with Gasteiger partial charge in [0.2, 0.25) is 0 Å².